The lowest BCUT2D eigenvalue weighted by Gasteiger charge is -2.60. The monoisotopic (exact) mass is 949 g/mol. The van der Waals surface area contributed by atoms with Gasteiger partial charge in [-0.3, -0.25) is 9.59 Å². The SMILES string of the molecule is CC1(C)CCC[C@@]2(C)C1CC[C@@]1(C)OC(=O)C[C@@H]12.CC1(C)CCC[C@]2(C)C1CC[C@]1(C)OC(=O)C[C@H]12.C[C@@H]1[C@@](C)(O)CCC2C(C)(C)CCC[C@]21C.C[C@@H]1[C@@]2(C)CCCC(C)(C)C2CC[C@@]1(C)O. The lowest BCUT2D eigenvalue weighted by molar-refractivity contribution is -0.166. The molecule has 2 N–H and O–H groups in total. The lowest BCUT2D eigenvalue weighted by atomic mass is 9.45. The van der Waals surface area contributed by atoms with Crippen LogP contribution in [0.15, 0.2) is 0 Å². The molecule has 16 atom stereocenters. The van der Waals surface area contributed by atoms with E-state index in [0.29, 0.717) is 79.8 Å². The van der Waals surface area contributed by atoms with Crippen molar-refractivity contribution in [2.24, 2.45) is 90.7 Å². The molecule has 0 spiro atoms. The highest BCUT2D eigenvalue weighted by atomic mass is 16.6. The molecule has 68 heavy (non-hydrogen) atoms. The summed E-state index contributed by atoms with van der Waals surface area (Å²) in [6.45, 7) is 42.1. The Labute approximate surface area is 418 Å². The third-order valence-corrected chi connectivity index (χ3v) is 25.2. The third-order valence-electron chi connectivity index (χ3n) is 25.2. The Hall–Kier alpha value is -1.14. The van der Waals surface area contributed by atoms with Crippen molar-refractivity contribution < 1.29 is 29.3 Å². The van der Waals surface area contributed by atoms with Gasteiger partial charge < -0.3 is 19.7 Å². The van der Waals surface area contributed by atoms with Crippen LogP contribution in [0.25, 0.3) is 0 Å². The van der Waals surface area contributed by atoms with E-state index in [9.17, 15) is 19.8 Å². The molecule has 2 saturated heterocycles. The van der Waals surface area contributed by atoms with Crippen LogP contribution < -0.4 is 0 Å². The van der Waals surface area contributed by atoms with Crippen LogP contribution in [0.4, 0.5) is 0 Å². The summed E-state index contributed by atoms with van der Waals surface area (Å²) in [6.07, 6.45) is 26.1. The topological polar surface area (TPSA) is 93.1 Å². The standard InChI is InChI=1S/2C16H26O2.2C15H28O/c2*1-14(2)7-5-8-15(3)11(14)6-9-16(4)12(15)10-13(17)18-16;2*1-11-14(4)9-6-8-13(2,3)12(14)7-10-15(11,5)16/h2*11-12H,5-10H2,1-4H3;2*11-12,16H,6-10H2,1-5H3/t2*11?,12-,15+,16-;2*11-,12?,14-,15-/m1010/s1. The number of fused-ring (bicyclic) bond motifs is 8. The molecule has 8 aliphatic carbocycles. The zero-order valence-electron chi connectivity index (χ0n) is 47.7. The lowest BCUT2D eigenvalue weighted by Crippen LogP contribution is -2.56. The summed E-state index contributed by atoms with van der Waals surface area (Å²) in [5.41, 5.74) is 1.88. The molecule has 392 valence electrons. The Balaban J connectivity index is 0.000000134. The van der Waals surface area contributed by atoms with E-state index in [2.05, 4.69) is 111 Å². The van der Waals surface area contributed by atoms with Gasteiger partial charge in [-0.25, -0.2) is 0 Å². The van der Waals surface area contributed by atoms with Gasteiger partial charge in [-0.1, -0.05) is 123 Å². The highest BCUT2D eigenvalue weighted by Crippen LogP contribution is 2.67. The largest absolute Gasteiger partial charge is 0.459 e. The molecular weight excluding hydrogens is 841 g/mol. The van der Waals surface area contributed by atoms with Crippen LogP contribution in [0, 0.1) is 90.7 Å². The Kier molecular flexibility index (Phi) is 14.3. The average Bonchev–Trinajstić information content (AvgIpc) is 3.70. The molecule has 10 aliphatic rings. The van der Waals surface area contributed by atoms with E-state index in [1.54, 1.807) is 0 Å². The van der Waals surface area contributed by atoms with Crippen LogP contribution in [-0.4, -0.2) is 44.6 Å². The number of rotatable bonds is 0. The van der Waals surface area contributed by atoms with Crippen LogP contribution in [0.3, 0.4) is 0 Å². The predicted octanol–water partition coefficient (Wildman–Crippen LogP) is 15.9. The number of carbonyl (C=O) groups excluding carboxylic acids is 2. The highest BCUT2D eigenvalue weighted by Gasteiger charge is 2.65. The van der Waals surface area contributed by atoms with Gasteiger partial charge in [-0.15, -0.1) is 0 Å². The molecular formula is C62H108O6. The van der Waals surface area contributed by atoms with Crippen molar-refractivity contribution in [3.8, 4) is 0 Å². The first-order valence-corrected chi connectivity index (χ1v) is 28.8. The van der Waals surface area contributed by atoms with Crippen LogP contribution in [0.2, 0.25) is 0 Å². The normalized spacial score (nSPS) is 51.2. The molecule has 0 amide bonds. The minimum absolute atomic E-state index is 0.0350. The van der Waals surface area contributed by atoms with E-state index >= 15 is 0 Å². The molecule has 2 aliphatic heterocycles. The van der Waals surface area contributed by atoms with Crippen molar-refractivity contribution in [3.63, 3.8) is 0 Å². The van der Waals surface area contributed by atoms with Gasteiger partial charge in [0.05, 0.1) is 24.0 Å². The first kappa shape index (κ1) is 54.6. The first-order valence-electron chi connectivity index (χ1n) is 28.8. The smallest absolute Gasteiger partial charge is 0.306 e. The number of hydrogen-bond acceptors (Lipinski definition) is 6. The number of hydrogen-bond donors (Lipinski definition) is 2. The number of ether oxygens (including phenoxy) is 2. The van der Waals surface area contributed by atoms with Gasteiger partial charge in [-0.05, 0) is 209 Å². The molecule has 6 nitrogen and oxygen atoms in total. The summed E-state index contributed by atoms with van der Waals surface area (Å²) in [5, 5.41) is 21.0. The van der Waals surface area contributed by atoms with E-state index in [4.69, 9.17) is 9.47 Å². The summed E-state index contributed by atoms with van der Waals surface area (Å²) in [6, 6.07) is 0. The molecule has 4 unspecified atom stereocenters. The van der Waals surface area contributed by atoms with Crippen molar-refractivity contribution in [3.05, 3.63) is 0 Å². The van der Waals surface area contributed by atoms with E-state index < -0.39 is 11.2 Å². The Morgan fingerprint density at radius 3 is 0.897 bits per heavy atom. The van der Waals surface area contributed by atoms with E-state index in [0.717, 1.165) is 49.4 Å². The molecule has 0 aromatic heterocycles. The second-order valence-electron chi connectivity index (χ2n) is 31.0. The zero-order chi connectivity index (χ0) is 50.7. The van der Waals surface area contributed by atoms with E-state index in [1.165, 1.54) is 103 Å². The fraction of sp³-hybridized carbons (Fsp3) is 0.968. The minimum Gasteiger partial charge on any atom is -0.459 e. The van der Waals surface area contributed by atoms with Gasteiger partial charge in [0.2, 0.25) is 0 Å². The second kappa shape index (κ2) is 17.8. The summed E-state index contributed by atoms with van der Waals surface area (Å²) in [7, 11) is 0. The van der Waals surface area contributed by atoms with Crippen LogP contribution >= 0.6 is 0 Å². The van der Waals surface area contributed by atoms with Gasteiger partial charge in [0.25, 0.3) is 0 Å². The molecule has 0 aromatic rings. The summed E-state index contributed by atoms with van der Waals surface area (Å²) in [4.78, 5) is 23.5. The first-order chi connectivity index (χ1) is 31.0. The molecule has 2 heterocycles. The Morgan fingerprint density at radius 1 is 0.353 bits per heavy atom. The maximum atomic E-state index is 11.8. The molecule has 0 bridgehead atoms. The van der Waals surface area contributed by atoms with E-state index in [-0.39, 0.29) is 23.1 Å². The Morgan fingerprint density at radius 2 is 0.603 bits per heavy atom. The number of carbonyl (C=O) groups is 2. The molecule has 10 fully saturated rings. The fourth-order valence-corrected chi connectivity index (χ4v) is 20.8. The third kappa shape index (κ3) is 9.28. The van der Waals surface area contributed by atoms with Gasteiger partial charge in [0, 0.05) is 11.8 Å². The maximum absolute atomic E-state index is 11.8. The van der Waals surface area contributed by atoms with Crippen LogP contribution in [-0.2, 0) is 19.1 Å². The minimum atomic E-state index is -0.446. The molecule has 8 saturated carbocycles. The summed E-state index contributed by atoms with van der Waals surface area (Å²) in [5.74, 6) is 4.91. The van der Waals surface area contributed by atoms with Crippen molar-refractivity contribution in [2.75, 3.05) is 0 Å². The summed E-state index contributed by atoms with van der Waals surface area (Å²) >= 11 is 0. The van der Waals surface area contributed by atoms with Crippen LogP contribution in [0.1, 0.15) is 266 Å². The van der Waals surface area contributed by atoms with Gasteiger partial charge in [-0.2, -0.15) is 0 Å². The quantitative estimate of drug-likeness (QED) is 0.235. The molecule has 0 aromatic carbocycles. The molecule has 10 rings (SSSR count). The molecule has 6 heteroatoms. The predicted molar refractivity (Wildman–Crippen MR) is 279 cm³/mol. The maximum Gasteiger partial charge on any atom is 0.306 e. The summed E-state index contributed by atoms with van der Waals surface area (Å²) < 4.78 is 11.4. The molecule has 0 radical (unpaired) electrons. The van der Waals surface area contributed by atoms with Crippen molar-refractivity contribution in [1.82, 2.24) is 0 Å². The van der Waals surface area contributed by atoms with Gasteiger partial charge >= 0.3 is 11.9 Å². The van der Waals surface area contributed by atoms with Gasteiger partial charge in [0.1, 0.15) is 11.2 Å². The van der Waals surface area contributed by atoms with E-state index in [1.807, 2.05) is 13.8 Å². The average molecular weight is 950 g/mol. The Bertz CT molecular complexity index is 1720. The fourth-order valence-electron chi connectivity index (χ4n) is 20.8. The zero-order valence-corrected chi connectivity index (χ0v) is 47.7. The second-order valence-corrected chi connectivity index (χ2v) is 31.0. The van der Waals surface area contributed by atoms with Crippen LogP contribution in [0.5, 0.6) is 0 Å². The van der Waals surface area contributed by atoms with Crippen molar-refractivity contribution >= 4 is 11.9 Å². The van der Waals surface area contributed by atoms with Gasteiger partial charge in [0.15, 0.2) is 0 Å². The number of esters is 2. The van der Waals surface area contributed by atoms with Crippen molar-refractivity contribution in [2.45, 2.75) is 288 Å². The number of aliphatic hydroxyl groups is 2. The van der Waals surface area contributed by atoms with Crippen molar-refractivity contribution in [1.29, 1.82) is 0 Å². The highest BCUT2D eigenvalue weighted by molar-refractivity contribution is 5.73.